The summed E-state index contributed by atoms with van der Waals surface area (Å²) in [6.45, 7) is 6.74. The molecule has 2 rings (SSSR count). The molecule has 0 unspecified atom stereocenters. The molecule has 1 N–H and O–H groups in total. The van der Waals surface area contributed by atoms with Gasteiger partial charge >= 0.3 is 0 Å². The van der Waals surface area contributed by atoms with Crippen molar-refractivity contribution in [1.29, 1.82) is 0 Å². The zero-order valence-corrected chi connectivity index (χ0v) is 11.8. The van der Waals surface area contributed by atoms with Gasteiger partial charge in [0.25, 0.3) is 0 Å². The highest BCUT2D eigenvalue weighted by Gasteiger charge is 2.10. The Hall–Kier alpha value is -0.470. The van der Waals surface area contributed by atoms with E-state index in [4.69, 9.17) is 0 Å². The number of fused-ring (bicyclic) bond motifs is 1. The fraction of sp³-hybridized carbons (Fsp3) is 0.600. The van der Waals surface area contributed by atoms with Gasteiger partial charge in [0, 0.05) is 17.2 Å². The molecule has 0 aromatic heterocycles. The van der Waals surface area contributed by atoms with Crippen molar-refractivity contribution in [2.75, 3.05) is 18.8 Å². The molecule has 0 saturated carbocycles. The largest absolute Gasteiger partial charge is 0.316 e. The van der Waals surface area contributed by atoms with Crippen LogP contribution in [0.2, 0.25) is 0 Å². The summed E-state index contributed by atoms with van der Waals surface area (Å²) >= 11 is 1.98. The third-order valence-corrected chi connectivity index (χ3v) is 4.17. The average Bonchev–Trinajstić information content (AvgIpc) is 2.75. The minimum absolute atomic E-state index is 0.750. The maximum atomic E-state index is 3.49. The van der Waals surface area contributed by atoms with Gasteiger partial charge in [-0.15, -0.1) is 11.8 Å². The molecule has 94 valence electrons. The lowest BCUT2D eigenvalue weighted by atomic mass is 10.1. The Labute approximate surface area is 109 Å². The zero-order valence-electron chi connectivity index (χ0n) is 11.0. The number of hydrogen-bond acceptors (Lipinski definition) is 2. The molecule has 0 radical (unpaired) electrons. The summed E-state index contributed by atoms with van der Waals surface area (Å²) in [5.74, 6) is 1.92. The van der Waals surface area contributed by atoms with Crippen LogP contribution in [0.5, 0.6) is 0 Å². The first-order valence-corrected chi connectivity index (χ1v) is 7.69. The Bertz CT molecular complexity index is 360. The molecule has 1 aliphatic rings. The Kier molecular flexibility index (Phi) is 4.93. The van der Waals surface area contributed by atoms with E-state index in [2.05, 4.69) is 37.4 Å². The van der Waals surface area contributed by atoms with E-state index in [-0.39, 0.29) is 0 Å². The van der Waals surface area contributed by atoms with Crippen molar-refractivity contribution in [1.82, 2.24) is 5.32 Å². The second-order valence-corrected chi connectivity index (χ2v) is 6.40. The first kappa shape index (κ1) is 13.0. The lowest BCUT2D eigenvalue weighted by molar-refractivity contribution is 0.568. The van der Waals surface area contributed by atoms with Gasteiger partial charge in [-0.2, -0.15) is 0 Å². The number of benzene rings is 1. The highest BCUT2D eigenvalue weighted by molar-refractivity contribution is 7.99. The first-order valence-electron chi connectivity index (χ1n) is 6.71. The van der Waals surface area contributed by atoms with Crippen LogP contribution in [-0.4, -0.2) is 18.8 Å². The minimum Gasteiger partial charge on any atom is -0.316 e. The summed E-state index contributed by atoms with van der Waals surface area (Å²) in [7, 11) is 0. The molecular weight excluding hydrogens is 226 g/mol. The van der Waals surface area contributed by atoms with Gasteiger partial charge in [-0.3, -0.25) is 0 Å². The van der Waals surface area contributed by atoms with Gasteiger partial charge in [0.15, 0.2) is 0 Å². The molecule has 1 aromatic carbocycles. The summed E-state index contributed by atoms with van der Waals surface area (Å²) in [6, 6.07) is 7.01. The third-order valence-electron chi connectivity index (χ3n) is 3.17. The van der Waals surface area contributed by atoms with Crippen molar-refractivity contribution in [3.05, 3.63) is 29.3 Å². The molecule has 0 amide bonds. The zero-order chi connectivity index (χ0) is 12.1. The van der Waals surface area contributed by atoms with Crippen molar-refractivity contribution < 1.29 is 0 Å². The molecule has 0 saturated heterocycles. The topological polar surface area (TPSA) is 12.0 Å². The van der Waals surface area contributed by atoms with E-state index in [9.17, 15) is 0 Å². The summed E-state index contributed by atoms with van der Waals surface area (Å²) in [5.41, 5.74) is 3.16. The van der Waals surface area contributed by atoms with Crippen LogP contribution in [0.4, 0.5) is 0 Å². The second kappa shape index (κ2) is 6.46. The minimum atomic E-state index is 0.750. The van der Waals surface area contributed by atoms with Gasteiger partial charge in [-0.25, -0.2) is 0 Å². The van der Waals surface area contributed by atoms with Gasteiger partial charge < -0.3 is 5.32 Å². The van der Waals surface area contributed by atoms with Crippen molar-refractivity contribution in [2.24, 2.45) is 5.92 Å². The van der Waals surface area contributed by atoms with Crippen LogP contribution < -0.4 is 5.32 Å². The molecule has 0 fully saturated rings. The quantitative estimate of drug-likeness (QED) is 0.611. The Morgan fingerprint density at radius 1 is 1.24 bits per heavy atom. The van der Waals surface area contributed by atoms with E-state index in [1.807, 2.05) is 11.8 Å². The summed E-state index contributed by atoms with van der Waals surface area (Å²) < 4.78 is 0. The van der Waals surface area contributed by atoms with Crippen molar-refractivity contribution in [3.8, 4) is 0 Å². The van der Waals surface area contributed by atoms with Gasteiger partial charge in [-0.1, -0.05) is 19.9 Å². The first-order chi connectivity index (χ1) is 8.25. The van der Waals surface area contributed by atoms with Crippen LogP contribution in [0.1, 0.15) is 31.4 Å². The Morgan fingerprint density at radius 2 is 2.06 bits per heavy atom. The maximum absolute atomic E-state index is 3.49. The van der Waals surface area contributed by atoms with Gasteiger partial charge in [-0.05, 0) is 55.0 Å². The van der Waals surface area contributed by atoms with Crippen LogP contribution in [0, 0.1) is 5.92 Å². The van der Waals surface area contributed by atoms with Crippen LogP contribution in [-0.2, 0) is 12.8 Å². The highest BCUT2D eigenvalue weighted by atomic mass is 32.2. The van der Waals surface area contributed by atoms with E-state index < -0.39 is 0 Å². The Morgan fingerprint density at radius 3 is 2.88 bits per heavy atom. The molecule has 1 nitrogen and oxygen atoms in total. The number of thioether (sulfide) groups is 1. The normalized spacial score (nSPS) is 14.3. The SMILES string of the molecule is CC(C)CNCCSc1ccc2c(c1)CCC2. The lowest BCUT2D eigenvalue weighted by Gasteiger charge is -2.08. The molecule has 17 heavy (non-hydrogen) atoms. The van der Waals surface area contributed by atoms with Gasteiger partial charge in [0.1, 0.15) is 0 Å². The molecule has 0 bridgehead atoms. The maximum Gasteiger partial charge on any atom is 0.0106 e. The number of aryl methyl sites for hydroxylation is 2. The fourth-order valence-corrected chi connectivity index (χ4v) is 3.14. The standard InChI is InChI=1S/C15H23NS/c1-12(2)11-16-8-9-17-15-7-6-13-4-3-5-14(13)10-15/h6-7,10,12,16H,3-5,8-9,11H2,1-2H3. The lowest BCUT2D eigenvalue weighted by Crippen LogP contribution is -2.22. The van der Waals surface area contributed by atoms with Crippen molar-refractivity contribution in [2.45, 2.75) is 38.0 Å². The van der Waals surface area contributed by atoms with Crippen LogP contribution in [0.3, 0.4) is 0 Å². The smallest absolute Gasteiger partial charge is 0.0106 e. The summed E-state index contributed by atoms with van der Waals surface area (Å²) in [4.78, 5) is 1.44. The summed E-state index contributed by atoms with van der Waals surface area (Å²) in [6.07, 6.45) is 3.92. The molecule has 0 aliphatic heterocycles. The molecule has 2 heteroatoms. The van der Waals surface area contributed by atoms with Gasteiger partial charge in [0.05, 0.1) is 0 Å². The third kappa shape index (κ3) is 4.04. The molecule has 1 aromatic rings. The van der Waals surface area contributed by atoms with E-state index >= 15 is 0 Å². The van der Waals surface area contributed by atoms with Crippen LogP contribution in [0.25, 0.3) is 0 Å². The van der Waals surface area contributed by atoms with E-state index in [1.165, 1.54) is 29.9 Å². The van der Waals surface area contributed by atoms with E-state index in [0.29, 0.717) is 0 Å². The second-order valence-electron chi connectivity index (χ2n) is 5.23. The number of rotatable bonds is 6. The fourth-order valence-electron chi connectivity index (χ4n) is 2.27. The van der Waals surface area contributed by atoms with Crippen LogP contribution >= 0.6 is 11.8 Å². The number of nitrogens with one attached hydrogen (secondary N) is 1. The molecular formula is C15H23NS. The van der Waals surface area contributed by atoms with Crippen molar-refractivity contribution in [3.63, 3.8) is 0 Å². The molecule has 0 heterocycles. The monoisotopic (exact) mass is 249 g/mol. The van der Waals surface area contributed by atoms with Crippen LogP contribution in [0.15, 0.2) is 23.1 Å². The van der Waals surface area contributed by atoms with Gasteiger partial charge in [0.2, 0.25) is 0 Å². The number of hydrogen-bond donors (Lipinski definition) is 1. The molecule has 0 spiro atoms. The Balaban J connectivity index is 1.72. The molecule has 0 atom stereocenters. The van der Waals surface area contributed by atoms with E-state index in [0.717, 1.165) is 19.0 Å². The average molecular weight is 249 g/mol. The van der Waals surface area contributed by atoms with Crippen molar-refractivity contribution >= 4 is 11.8 Å². The predicted octanol–water partition coefficient (Wildman–Crippen LogP) is 3.51. The molecule has 1 aliphatic carbocycles. The predicted molar refractivity (Wildman–Crippen MR) is 76.9 cm³/mol. The highest BCUT2D eigenvalue weighted by Crippen LogP contribution is 2.27. The summed E-state index contributed by atoms with van der Waals surface area (Å²) in [5, 5.41) is 3.49. The van der Waals surface area contributed by atoms with E-state index in [1.54, 1.807) is 11.1 Å².